The van der Waals surface area contributed by atoms with Gasteiger partial charge in [-0.25, -0.2) is 0 Å². The van der Waals surface area contributed by atoms with Crippen molar-refractivity contribution < 1.29 is 14.3 Å². The largest absolute Gasteiger partial charge is 0.466 e. The van der Waals surface area contributed by atoms with Crippen LogP contribution in [-0.2, 0) is 14.3 Å². The van der Waals surface area contributed by atoms with Crippen LogP contribution in [0.5, 0.6) is 0 Å². The van der Waals surface area contributed by atoms with Crippen LogP contribution in [0.2, 0.25) is 0 Å². The molecule has 0 aliphatic rings. The summed E-state index contributed by atoms with van der Waals surface area (Å²) in [5, 5.41) is 0. The lowest BCUT2D eigenvalue weighted by atomic mass is 10.1. The number of carbonyl (C=O) groups excluding carboxylic acids is 1. The molecule has 0 rings (SSSR count). The third-order valence-corrected chi connectivity index (χ3v) is 3.01. The predicted octanol–water partition coefficient (Wildman–Crippen LogP) is 3.62. The number of thiol groups is 1. The van der Waals surface area contributed by atoms with Crippen molar-refractivity contribution in [1.29, 1.82) is 0 Å². The lowest BCUT2D eigenvalue weighted by molar-refractivity contribution is -0.143. The van der Waals surface area contributed by atoms with Gasteiger partial charge in [-0.3, -0.25) is 4.79 Å². The molecule has 0 aromatic heterocycles. The average Bonchev–Trinajstić information content (AvgIpc) is 2.38. The maximum Gasteiger partial charge on any atom is 0.305 e. The number of hydrogen-bond acceptors (Lipinski definition) is 4. The summed E-state index contributed by atoms with van der Waals surface area (Å²) in [4.78, 5) is 11.2. The SMILES string of the molecule is CCOCCCCCCCCOC(=O)CCCS. The van der Waals surface area contributed by atoms with Gasteiger partial charge in [-0.05, 0) is 31.9 Å². The second-order valence-corrected chi connectivity index (χ2v) is 4.81. The second-order valence-electron chi connectivity index (χ2n) is 4.37. The molecule has 0 aromatic carbocycles. The first-order chi connectivity index (χ1) is 8.81. The molecule has 0 spiro atoms. The second kappa shape index (κ2) is 14.8. The third-order valence-electron chi connectivity index (χ3n) is 2.69. The normalized spacial score (nSPS) is 10.6. The number of carbonyl (C=O) groups is 1. The van der Waals surface area contributed by atoms with Crippen molar-refractivity contribution in [3.63, 3.8) is 0 Å². The van der Waals surface area contributed by atoms with Crippen molar-refractivity contribution >= 4 is 18.6 Å². The van der Waals surface area contributed by atoms with Gasteiger partial charge in [-0.2, -0.15) is 12.6 Å². The molecule has 3 nitrogen and oxygen atoms in total. The predicted molar refractivity (Wildman–Crippen MR) is 78.2 cm³/mol. The van der Waals surface area contributed by atoms with Gasteiger partial charge in [0.1, 0.15) is 0 Å². The summed E-state index contributed by atoms with van der Waals surface area (Å²) in [6.45, 7) is 4.31. The van der Waals surface area contributed by atoms with E-state index < -0.39 is 0 Å². The smallest absolute Gasteiger partial charge is 0.305 e. The Morgan fingerprint density at radius 2 is 1.56 bits per heavy atom. The highest BCUT2D eigenvalue weighted by Crippen LogP contribution is 2.06. The summed E-state index contributed by atoms with van der Waals surface area (Å²) in [6.07, 6.45) is 8.31. The minimum absolute atomic E-state index is 0.0826. The number of hydrogen-bond donors (Lipinski definition) is 1. The van der Waals surface area contributed by atoms with E-state index in [4.69, 9.17) is 9.47 Å². The Labute approximate surface area is 117 Å². The van der Waals surface area contributed by atoms with Gasteiger partial charge in [0.05, 0.1) is 6.61 Å². The van der Waals surface area contributed by atoms with Gasteiger partial charge in [0.2, 0.25) is 0 Å². The molecular weight excluding hydrogens is 248 g/mol. The standard InChI is InChI=1S/C14H28O3S/c1-2-16-11-7-5-3-4-6-8-12-17-14(15)10-9-13-18/h18H,2-13H2,1H3. The van der Waals surface area contributed by atoms with Crippen LogP contribution in [0.3, 0.4) is 0 Å². The highest BCUT2D eigenvalue weighted by molar-refractivity contribution is 7.80. The molecule has 108 valence electrons. The van der Waals surface area contributed by atoms with Gasteiger partial charge >= 0.3 is 5.97 Å². The van der Waals surface area contributed by atoms with Gasteiger partial charge in [-0.1, -0.05) is 25.7 Å². The summed E-state index contributed by atoms with van der Waals surface area (Å²) in [5.74, 6) is 0.664. The number of ether oxygens (including phenoxy) is 2. The van der Waals surface area contributed by atoms with Crippen molar-refractivity contribution in [3.05, 3.63) is 0 Å². The van der Waals surface area contributed by atoms with Crippen LogP contribution < -0.4 is 0 Å². The molecule has 0 saturated heterocycles. The molecule has 18 heavy (non-hydrogen) atoms. The zero-order valence-electron chi connectivity index (χ0n) is 11.7. The Kier molecular flexibility index (Phi) is 14.7. The van der Waals surface area contributed by atoms with E-state index in [1.54, 1.807) is 0 Å². The van der Waals surface area contributed by atoms with Gasteiger partial charge in [0.25, 0.3) is 0 Å². The van der Waals surface area contributed by atoms with Crippen molar-refractivity contribution in [2.75, 3.05) is 25.6 Å². The molecule has 0 amide bonds. The van der Waals surface area contributed by atoms with Crippen LogP contribution in [0.4, 0.5) is 0 Å². The van der Waals surface area contributed by atoms with Crippen LogP contribution in [-0.4, -0.2) is 31.5 Å². The van der Waals surface area contributed by atoms with Crippen molar-refractivity contribution in [2.24, 2.45) is 0 Å². The van der Waals surface area contributed by atoms with E-state index in [1.807, 2.05) is 6.92 Å². The molecule has 0 fully saturated rings. The molecule has 4 heteroatoms. The Bertz CT molecular complexity index is 186. The highest BCUT2D eigenvalue weighted by atomic mass is 32.1. The van der Waals surface area contributed by atoms with Crippen LogP contribution >= 0.6 is 12.6 Å². The number of rotatable bonds is 13. The van der Waals surface area contributed by atoms with Gasteiger partial charge in [0, 0.05) is 19.6 Å². The molecule has 0 unspecified atom stereocenters. The minimum Gasteiger partial charge on any atom is -0.466 e. The van der Waals surface area contributed by atoms with Gasteiger partial charge in [-0.15, -0.1) is 0 Å². The van der Waals surface area contributed by atoms with E-state index in [0.29, 0.717) is 13.0 Å². The molecule has 0 aliphatic heterocycles. The molecule has 0 bridgehead atoms. The van der Waals surface area contributed by atoms with Crippen LogP contribution in [0.25, 0.3) is 0 Å². The van der Waals surface area contributed by atoms with E-state index in [1.165, 1.54) is 19.3 Å². The Morgan fingerprint density at radius 1 is 0.944 bits per heavy atom. The molecule has 0 aromatic rings. The lowest BCUT2D eigenvalue weighted by Gasteiger charge is -2.04. The minimum atomic E-state index is -0.0826. The Balaban J connectivity index is 3.04. The van der Waals surface area contributed by atoms with Gasteiger partial charge in [0.15, 0.2) is 0 Å². The van der Waals surface area contributed by atoms with E-state index in [-0.39, 0.29) is 5.97 Å². The summed E-state index contributed by atoms with van der Waals surface area (Å²) < 4.78 is 10.4. The van der Waals surface area contributed by atoms with E-state index in [0.717, 1.165) is 44.6 Å². The fourth-order valence-electron chi connectivity index (χ4n) is 1.64. The maximum atomic E-state index is 11.2. The lowest BCUT2D eigenvalue weighted by Crippen LogP contribution is -2.05. The fourth-order valence-corrected chi connectivity index (χ4v) is 1.80. The molecule has 0 atom stereocenters. The third kappa shape index (κ3) is 13.8. The molecule has 0 N–H and O–H groups in total. The monoisotopic (exact) mass is 276 g/mol. The van der Waals surface area contributed by atoms with E-state index in [9.17, 15) is 4.79 Å². The first kappa shape index (κ1) is 17.8. The van der Waals surface area contributed by atoms with E-state index >= 15 is 0 Å². The number of unbranched alkanes of at least 4 members (excludes halogenated alkanes) is 5. The van der Waals surface area contributed by atoms with E-state index in [2.05, 4.69) is 12.6 Å². The van der Waals surface area contributed by atoms with Crippen molar-refractivity contribution in [3.8, 4) is 0 Å². The van der Waals surface area contributed by atoms with Crippen LogP contribution in [0, 0.1) is 0 Å². The summed E-state index contributed by atoms with van der Waals surface area (Å²) in [7, 11) is 0. The van der Waals surface area contributed by atoms with Gasteiger partial charge < -0.3 is 9.47 Å². The molecule has 0 radical (unpaired) electrons. The maximum absolute atomic E-state index is 11.2. The average molecular weight is 276 g/mol. The Hall–Kier alpha value is -0.220. The van der Waals surface area contributed by atoms with Crippen LogP contribution in [0.1, 0.15) is 58.3 Å². The quantitative estimate of drug-likeness (QED) is 0.317. The Morgan fingerprint density at radius 3 is 2.17 bits per heavy atom. The topological polar surface area (TPSA) is 35.5 Å². The van der Waals surface area contributed by atoms with Crippen molar-refractivity contribution in [2.45, 2.75) is 58.3 Å². The molecule has 0 saturated carbocycles. The summed E-state index contributed by atoms with van der Waals surface area (Å²) >= 11 is 4.06. The molecule has 0 aliphatic carbocycles. The first-order valence-corrected chi connectivity index (χ1v) is 7.78. The molecule has 0 heterocycles. The van der Waals surface area contributed by atoms with Crippen LogP contribution in [0.15, 0.2) is 0 Å². The summed E-state index contributed by atoms with van der Waals surface area (Å²) in [6, 6.07) is 0. The zero-order valence-corrected chi connectivity index (χ0v) is 12.6. The first-order valence-electron chi connectivity index (χ1n) is 7.15. The zero-order chi connectivity index (χ0) is 13.5. The van der Waals surface area contributed by atoms with Crippen molar-refractivity contribution in [1.82, 2.24) is 0 Å². The highest BCUT2D eigenvalue weighted by Gasteiger charge is 2.00. The number of esters is 1. The summed E-state index contributed by atoms with van der Waals surface area (Å²) in [5.41, 5.74) is 0. The fraction of sp³-hybridized carbons (Fsp3) is 0.929. The molecular formula is C14H28O3S.